The summed E-state index contributed by atoms with van der Waals surface area (Å²) in [6.07, 6.45) is 0.604. The van der Waals surface area contributed by atoms with Crippen LogP contribution in [0.2, 0.25) is 0 Å². The van der Waals surface area contributed by atoms with Crippen molar-refractivity contribution in [3.05, 3.63) is 34.1 Å². The first-order valence-corrected chi connectivity index (χ1v) is 5.47. The van der Waals surface area contributed by atoms with E-state index < -0.39 is 6.10 Å². The second-order valence-corrected chi connectivity index (χ2v) is 4.00. The highest BCUT2D eigenvalue weighted by molar-refractivity contribution is 9.10. The summed E-state index contributed by atoms with van der Waals surface area (Å²) in [7, 11) is 0. The molecule has 0 fully saturated rings. The fourth-order valence-electron chi connectivity index (χ4n) is 1.26. The molecule has 3 heteroatoms. The Kier molecular flexibility index (Phi) is 4.80. The minimum absolute atomic E-state index is 0.314. The van der Waals surface area contributed by atoms with E-state index in [2.05, 4.69) is 27.8 Å². The molecular weight excluding hydrogens is 259 g/mol. The minimum Gasteiger partial charge on any atom is -0.388 e. The summed E-state index contributed by atoms with van der Waals surface area (Å²) in [5.74, 6) is 5.33. The van der Waals surface area contributed by atoms with E-state index >= 15 is 0 Å². The van der Waals surface area contributed by atoms with Gasteiger partial charge in [0.15, 0.2) is 0 Å². The summed E-state index contributed by atoms with van der Waals surface area (Å²) in [6, 6.07) is 4.28. The Morgan fingerprint density at radius 2 is 2.27 bits per heavy atom. The van der Waals surface area contributed by atoms with Crippen LogP contribution in [0, 0.1) is 17.7 Å². The Labute approximate surface area is 97.4 Å². The first-order valence-electron chi connectivity index (χ1n) is 4.67. The fraction of sp³-hybridized carbons (Fsp3) is 0.333. The summed E-state index contributed by atoms with van der Waals surface area (Å²) >= 11 is 3.22. The molecule has 0 heterocycles. The van der Waals surface area contributed by atoms with Gasteiger partial charge in [-0.15, -0.1) is 11.8 Å². The van der Waals surface area contributed by atoms with Crippen molar-refractivity contribution < 1.29 is 9.50 Å². The van der Waals surface area contributed by atoms with E-state index in [9.17, 15) is 9.50 Å². The van der Waals surface area contributed by atoms with Crippen LogP contribution in [0.5, 0.6) is 0 Å². The summed E-state index contributed by atoms with van der Waals surface area (Å²) < 4.78 is 13.4. The van der Waals surface area contributed by atoms with Gasteiger partial charge >= 0.3 is 0 Å². The van der Waals surface area contributed by atoms with Crippen molar-refractivity contribution in [2.45, 2.75) is 25.9 Å². The number of aliphatic hydroxyl groups is 1. The van der Waals surface area contributed by atoms with E-state index in [4.69, 9.17) is 0 Å². The van der Waals surface area contributed by atoms with Gasteiger partial charge in [-0.05, 0) is 31.0 Å². The van der Waals surface area contributed by atoms with Crippen molar-refractivity contribution in [2.75, 3.05) is 0 Å². The number of benzene rings is 1. The van der Waals surface area contributed by atoms with Crippen LogP contribution in [0.3, 0.4) is 0 Å². The van der Waals surface area contributed by atoms with Gasteiger partial charge in [0.25, 0.3) is 0 Å². The van der Waals surface area contributed by atoms with Crippen molar-refractivity contribution in [1.29, 1.82) is 0 Å². The standard InChI is InChI=1S/C12H12BrFO/c1-2-3-4-5-12(15)10-7-6-9(14)8-11(10)13/h6-8,12,15H,4-5H2,1H3. The van der Waals surface area contributed by atoms with Crippen LogP contribution in [0.25, 0.3) is 0 Å². The van der Waals surface area contributed by atoms with Crippen LogP contribution in [0.15, 0.2) is 22.7 Å². The topological polar surface area (TPSA) is 20.2 Å². The molecule has 0 saturated carbocycles. The van der Waals surface area contributed by atoms with Gasteiger partial charge < -0.3 is 5.11 Å². The largest absolute Gasteiger partial charge is 0.388 e. The molecule has 80 valence electrons. The van der Waals surface area contributed by atoms with E-state index in [1.807, 2.05) is 0 Å². The Hall–Kier alpha value is -0.850. The molecule has 1 N–H and O–H groups in total. The lowest BCUT2D eigenvalue weighted by molar-refractivity contribution is 0.168. The van der Waals surface area contributed by atoms with Crippen LogP contribution < -0.4 is 0 Å². The van der Waals surface area contributed by atoms with E-state index in [0.29, 0.717) is 22.9 Å². The second kappa shape index (κ2) is 5.89. The molecule has 0 amide bonds. The molecule has 1 aromatic carbocycles. The lowest BCUT2D eigenvalue weighted by Gasteiger charge is -2.11. The molecule has 1 unspecified atom stereocenters. The van der Waals surface area contributed by atoms with Gasteiger partial charge in [0.1, 0.15) is 5.82 Å². The minimum atomic E-state index is -0.596. The maximum absolute atomic E-state index is 12.8. The molecule has 0 aliphatic rings. The fourth-order valence-corrected chi connectivity index (χ4v) is 1.88. The number of hydrogen-bond donors (Lipinski definition) is 1. The highest BCUT2D eigenvalue weighted by Crippen LogP contribution is 2.26. The number of aliphatic hydroxyl groups excluding tert-OH is 1. The van der Waals surface area contributed by atoms with Gasteiger partial charge in [0.2, 0.25) is 0 Å². The molecule has 0 aliphatic carbocycles. The van der Waals surface area contributed by atoms with Crippen LogP contribution >= 0.6 is 15.9 Å². The average Bonchev–Trinajstić information content (AvgIpc) is 2.17. The van der Waals surface area contributed by atoms with Crippen LogP contribution in [0.1, 0.15) is 31.4 Å². The molecule has 15 heavy (non-hydrogen) atoms. The normalized spacial score (nSPS) is 11.7. The van der Waals surface area contributed by atoms with Crippen LogP contribution in [-0.4, -0.2) is 5.11 Å². The second-order valence-electron chi connectivity index (χ2n) is 3.15. The molecule has 0 aromatic heterocycles. The highest BCUT2D eigenvalue weighted by Gasteiger charge is 2.10. The van der Waals surface area contributed by atoms with E-state index in [1.165, 1.54) is 12.1 Å². The lowest BCUT2D eigenvalue weighted by atomic mass is 10.1. The summed E-state index contributed by atoms with van der Waals surface area (Å²) in [5.41, 5.74) is 0.703. The Balaban J connectivity index is 2.71. The molecule has 1 nitrogen and oxygen atoms in total. The molecular formula is C12H12BrFO. The first kappa shape index (κ1) is 12.2. The van der Waals surface area contributed by atoms with Gasteiger partial charge in [-0.1, -0.05) is 22.0 Å². The summed E-state index contributed by atoms with van der Waals surface area (Å²) in [6.45, 7) is 1.76. The van der Waals surface area contributed by atoms with Gasteiger partial charge in [0.05, 0.1) is 6.10 Å². The highest BCUT2D eigenvalue weighted by atomic mass is 79.9. The van der Waals surface area contributed by atoms with E-state index in [1.54, 1.807) is 13.0 Å². The summed E-state index contributed by atoms with van der Waals surface area (Å²) in [4.78, 5) is 0. The van der Waals surface area contributed by atoms with Crippen molar-refractivity contribution in [2.24, 2.45) is 0 Å². The van der Waals surface area contributed by atoms with Gasteiger partial charge in [-0.3, -0.25) is 0 Å². The average molecular weight is 271 g/mol. The summed E-state index contributed by atoms with van der Waals surface area (Å²) in [5, 5.41) is 9.80. The van der Waals surface area contributed by atoms with Crippen molar-refractivity contribution >= 4 is 15.9 Å². The third-order valence-electron chi connectivity index (χ3n) is 2.04. The monoisotopic (exact) mass is 270 g/mol. The zero-order valence-corrected chi connectivity index (χ0v) is 10.0. The Morgan fingerprint density at radius 1 is 1.53 bits per heavy atom. The number of rotatable bonds is 3. The number of hydrogen-bond acceptors (Lipinski definition) is 1. The van der Waals surface area contributed by atoms with Crippen LogP contribution in [0.4, 0.5) is 4.39 Å². The van der Waals surface area contributed by atoms with Gasteiger partial charge in [-0.25, -0.2) is 4.39 Å². The zero-order valence-electron chi connectivity index (χ0n) is 8.43. The molecule has 1 atom stereocenters. The van der Waals surface area contributed by atoms with Gasteiger partial charge in [-0.2, -0.15) is 0 Å². The molecule has 0 radical (unpaired) electrons. The molecule has 1 aromatic rings. The predicted octanol–water partition coefficient (Wildman–Crippen LogP) is 3.43. The number of halogens is 2. The van der Waals surface area contributed by atoms with E-state index in [0.717, 1.165) is 0 Å². The smallest absolute Gasteiger partial charge is 0.124 e. The third kappa shape index (κ3) is 3.65. The van der Waals surface area contributed by atoms with Crippen molar-refractivity contribution in [1.82, 2.24) is 0 Å². The SMILES string of the molecule is CC#CCCC(O)c1ccc(F)cc1Br. The Morgan fingerprint density at radius 3 is 2.87 bits per heavy atom. The molecule has 0 aliphatic heterocycles. The quantitative estimate of drug-likeness (QED) is 0.835. The van der Waals surface area contributed by atoms with E-state index in [-0.39, 0.29) is 5.82 Å². The Bertz CT molecular complexity index is 392. The van der Waals surface area contributed by atoms with Gasteiger partial charge in [0, 0.05) is 10.9 Å². The zero-order chi connectivity index (χ0) is 11.3. The van der Waals surface area contributed by atoms with Crippen molar-refractivity contribution in [3.8, 4) is 11.8 Å². The van der Waals surface area contributed by atoms with Crippen molar-refractivity contribution in [3.63, 3.8) is 0 Å². The molecule has 0 spiro atoms. The third-order valence-corrected chi connectivity index (χ3v) is 2.73. The lowest BCUT2D eigenvalue weighted by Crippen LogP contribution is -1.98. The predicted molar refractivity (Wildman–Crippen MR) is 61.7 cm³/mol. The molecule has 0 saturated heterocycles. The molecule has 0 bridgehead atoms. The maximum Gasteiger partial charge on any atom is 0.124 e. The maximum atomic E-state index is 12.8. The van der Waals surface area contributed by atoms with Crippen LogP contribution in [-0.2, 0) is 0 Å². The first-order chi connectivity index (χ1) is 7.15. The molecule has 1 rings (SSSR count).